The van der Waals surface area contributed by atoms with E-state index in [0.717, 1.165) is 18.0 Å². The molecule has 0 aliphatic heterocycles. The Labute approximate surface area is 97.8 Å². The van der Waals surface area contributed by atoms with Crippen LogP contribution in [0.3, 0.4) is 0 Å². The number of furan rings is 1. The van der Waals surface area contributed by atoms with Crippen LogP contribution < -0.4 is 0 Å². The van der Waals surface area contributed by atoms with Crippen molar-refractivity contribution in [3.63, 3.8) is 0 Å². The predicted molar refractivity (Wildman–Crippen MR) is 63.2 cm³/mol. The number of rotatable bonds is 3. The first-order chi connectivity index (χ1) is 7.70. The molecular weight excluding hydrogens is 224 g/mol. The zero-order valence-corrected chi connectivity index (χ0v) is 9.91. The molecule has 0 radical (unpaired) electrons. The van der Waals surface area contributed by atoms with Gasteiger partial charge in [-0.15, -0.1) is 0 Å². The summed E-state index contributed by atoms with van der Waals surface area (Å²) in [7, 11) is 0. The highest BCUT2D eigenvalue weighted by molar-refractivity contribution is 7.71. The average Bonchev–Trinajstić information content (AvgIpc) is 2.82. The van der Waals surface area contributed by atoms with E-state index in [1.54, 1.807) is 10.9 Å². The lowest BCUT2D eigenvalue weighted by Gasteiger charge is -1.94. The smallest absolute Gasteiger partial charge is 0.216 e. The first-order valence-electron chi connectivity index (χ1n) is 4.98. The molecule has 6 heteroatoms. The maximum Gasteiger partial charge on any atom is 0.216 e. The summed E-state index contributed by atoms with van der Waals surface area (Å²) in [6.45, 7) is 3.88. The van der Waals surface area contributed by atoms with Gasteiger partial charge in [-0.05, 0) is 31.3 Å². The molecule has 2 heterocycles. The lowest BCUT2D eigenvalue weighted by Crippen LogP contribution is -1.96. The number of aromatic nitrogens is 3. The highest BCUT2D eigenvalue weighted by Crippen LogP contribution is 2.04. The van der Waals surface area contributed by atoms with Gasteiger partial charge in [-0.2, -0.15) is 14.9 Å². The van der Waals surface area contributed by atoms with Gasteiger partial charge in [0.1, 0.15) is 11.5 Å². The van der Waals surface area contributed by atoms with Gasteiger partial charge in [0.15, 0.2) is 5.82 Å². The van der Waals surface area contributed by atoms with Crippen molar-refractivity contribution in [3.05, 3.63) is 34.2 Å². The second kappa shape index (κ2) is 4.44. The fourth-order valence-electron chi connectivity index (χ4n) is 1.31. The third kappa shape index (κ3) is 2.11. The number of hydrogen-bond acceptors (Lipinski definition) is 4. The Morgan fingerprint density at radius 1 is 1.62 bits per heavy atom. The maximum absolute atomic E-state index is 5.37. The van der Waals surface area contributed by atoms with Gasteiger partial charge in [0.2, 0.25) is 4.77 Å². The standard InChI is InChI=1S/C10H12N4OS/c1-3-9-12-13-10(16)14(9)11-6-8-5-4-7(2)15-8/h4-6H,3H2,1-2H3,(H,13,16)/b11-6-. The summed E-state index contributed by atoms with van der Waals surface area (Å²) in [6, 6.07) is 3.74. The molecule has 16 heavy (non-hydrogen) atoms. The molecule has 0 amide bonds. The first-order valence-corrected chi connectivity index (χ1v) is 5.38. The lowest BCUT2D eigenvalue weighted by molar-refractivity contribution is 0.527. The largest absolute Gasteiger partial charge is 0.460 e. The molecule has 2 aromatic heterocycles. The van der Waals surface area contributed by atoms with Crippen LogP contribution in [0.25, 0.3) is 0 Å². The Morgan fingerprint density at radius 3 is 3.06 bits per heavy atom. The average molecular weight is 236 g/mol. The van der Waals surface area contributed by atoms with Crippen molar-refractivity contribution in [2.24, 2.45) is 5.10 Å². The summed E-state index contributed by atoms with van der Waals surface area (Å²) in [6.07, 6.45) is 2.39. The highest BCUT2D eigenvalue weighted by Gasteiger charge is 2.01. The van der Waals surface area contributed by atoms with E-state index in [4.69, 9.17) is 16.6 Å². The Bertz CT molecular complexity index is 563. The van der Waals surface area contributed by atoms with E-state index < -0.39 is 0 Å². The molecule has 0 saturated heterocycles. The SMILES string of the molecule is CCc1n[nH]c(=S)n1/N=C\c1ccc(C)o1. The fourth-order valence-corrected chi connectivity index (χ4v) is 1.51. The van der Waals surface area contributed by atoms with Crippen molar-refractivity contribution in [1.29, 1.82) is 0 Å². The van der Waals surface area contributed by atoms with Gasteiger partial charge in [0.05, 0.1) is 6.21 Å². The molecule has 0 aromatic carbocycles. The van der Waals surface area contributed by atoms with Crippen LogP contribution in [-0.2, 0) is 6.42 Å². The Balaban J connectivity index is 2.29. The maximum atomic E-state index is 5.37. The molecular formula is C10H12N4OS. The summed E-state index contributed by atoms with van der Waals surface area (Å²) in [5, 5.41) is 11.0. The van der Waals surface area contributed by atoms with Crippen molar-refractivity contribution < 1.29 is 4.42 Å². The fraction of sp³-hybridized carbons (Fsp3) is 0.300. The van der Waals surface area contributed by atoms with Crippen LogP contribution in [0, 0.1) is 11.7 Å². The Morgan fingerprint density at radius 2 is 2.44 bits per heavy atom. The molecule has 0 aliphatic carbocycles. The van der Waals surface area contributed by atoms with Crippen molar-refractivity contribution in [2.75, 3.05) is 0 Å². The number of H-pyrrole nitrogens is 1. The minimum atomic E-state index is 0.483. The summed E-state index contributed by atoms with van der Waals surface area (Å²) >= 11 is 5.06. The Kier molecular flexibility index (Phi) is 3.00. The van der Waals surface area contributed by atoms with Gasteiger partial charge in [0, 0.05) is 6.42 Å². The van der Waals surface area contributed by atoms with Crippen LogP contribution in [0.4, 0.5) is 0 Å². The van der Waals surface area contributed by atoms with E-state index in [1.165, 1.54) is 0 Å². The van der Waals surface area contributed by atoms with E-state index in [-0.39, 0.29) is 0 Å². The van der Waals surface area contributed by atoms with Gasteiger partial charge in [0.25, 0.3) is 0 Å². The molecule has 0 bridgehead atoms. The zero-order valence-electron chi connectivity index (χ0n) is 9.10. The molecule has 2 rings (SSSR count). The minimum Gasteiger partial charge on any atom is -0.460 e. The van der Waals surface area contributed by atoms with E-state index in [9.17, 15) is 0 Å². The summed E-state index contributed by atoms with van der Waals surface area (Å²) in [5.41, 5.74) is 0. The van der Waals surface area contributed by atoms with Crippen LogP contribution in [-0.4, -0.2) is 21.1 Å². The topological polar surface area (TPSA) is 59.1 Å². The summed E-state index contributed by atoms with van der Waals surface area (Å²) in [4.78, 5) is 0. The molecule has 0 spiro atoms. The number of aryl methyl sites for hydroxylation is 2. The summed E-state index contributed by atoms with van der Waals surface area (Å²) < 4.78 is 7.44. The van der Waals surface area contributed by atoms with E-state index in [0.29, 0.717) is 10.5 Å². The number of aromatic amines is 1. The molecule has 0 atom stereocenters. The van der Waals surface area contributed by atoms with E-state index in [1.807, 2.05) is 26.0 Å². The first kappa shape index (κ1) is 10.8. The van der Waals surface area contributed by atoms with Gasteiger partial charge >= 0.3 is 0 Å². The van der Waals surface area contributed by atoms with Crippen LogP contribution in [0.1, 0.15) is 24.3 Å². The second-order valence-electron chi connectivity index (χ2n) is 3.30. The van der Waals surface area contributed by atoms with Crippen molar-refractivity contribution in [3.8, 4) is 0 Å². The van der Waals surface area contributed by atoms with E-state index in [2.05, 4.69) is 15.3 Å². The van der Waals surface area contributed by atoms with Crippen molar-refractivity contribution in [1.82, 2.24) is 14.9 Å². The normalized spacial score (nSPS) is 11.4. The quantitative estimate of drug-likeness (QED) is 0.657. The Hall–Kier alpha value is -1.69. The van der Waals surface area contributed by atoms with Gasteiger partial charge in [-0.1, -0.05) is 6.92 Å². The molecule has 5 nitrogen and oxygen atoms in total. The second-order valence-corrected chi connectivity index (χ2v) is 3.69. The van der Waals surface area contributed by atoms with Crippen molar-refractivity contribution in [2.45, 2.75) is 20.3 Å². The zero-order chi connectivity index (χ0) is 11.5. The molecule has 0 aliphatic rings. The molecule has 0 saturated carbocycles. The van der Waals surface area contributed by atoms with E-state index >= 15 is 0 Å². The molecule has 84 valence electrons. The van der Waals surface area contributed by atoms with Crippen LogP contribution in [0.2, 0.25) is 0 Å². The third-order valence-electron chi connectivity index (χ3n) is 2.10. The number of nitrogens with zero attached hydrogens (tertiary/aromatic N) is 3. The molecule has 0 fully saturated rings. The highest BCUT2D eigenvalue weighted by atomic mass is 32.1. The molecule has 0 unspecified atom stereocenters. The van der Waals surface area contributed by atoms with Gasteiger partial charge < -0.3 is 4.42 Å². The monoisotopic (exact) mass is 236 g/mol. The third-order valence-corrected chi connectivity index (χ3v) is 2.36. The summed E-state index contributed by atoms with van der Waals surface area (Å²) in [5.74, 6) is 2.35. The van der Waals surface area contributed by atoms with Gasteiger partial charge in [-0.3, -0.25) is 5.10 Å². The van der Waals surface area contributed by atoms with Crippen LogP contribution in [0.15, 0.2) is 21.7 Å². The number of hydrogen-bond donors (Lipinski definition) is 1. The van der Waals surface area contributed by atoms with Crippen molar-refractivity contribution >= 4 is 18.4 Å². The van der Waals surface area contributed by atoms with Gasteiger partial charge in [-0.25, -0.2) is 0 Å². The molecule has 1 N–H and O–H groups in total. The lowest BCUT2D eigenvalue weighted by atomic mass is 10.4. The van der Waals surface area contributed by atoms with Crippen LogP contribution in [0.5, 0.6) is 0 Å². The minimum absolute atomic E-state index is 0.483. The number of nitrogens with one attached hydrogen (secondary N) is 1. The van der Waals surface area contributed by atoms with Crippen LogP contribution >= 0.6 is 12.2 Å². The molecule has 2 aromatic rings. The predicted octanol–water partition coefficient (Wildman–Crippen LogP) is 2.29.